The molecule has 4 heteroatoms. The van der Waals surface area contributed by atoms with Crippen molar-refractivity contribution in [2.75, 3.05) is 26.2 Å². The van der Waals surface area contributed by atoms with E-state index in [2.05, 4.69) is 10.2 Å². The Labute approximate surface area is 84.3 Å². The van der Waals surface area contributed by atoms with Crippen molar-refractivity contribution in [3.8, 4) is 0 Å². The normalized spacial score (nSPS) is 34.5. The van der Waals surface area contributed by atoms with E-state index in [0.29, 0.717) is 12.3 Å². The minimum atomic E-state index is -0.159. The molecule has 2 aliphatic heterocycles. The Morgan fingerprint density at radius 3 is 3.07 bits per heavy atom. The van der Waals surface area contributed by atoms with Crippen LogP contribution in [0.2, 0.25) is 0 Å². The van der Waals surface area contributed by atoms with Gasteiger partial charge in [0.15, 0.2) is 0 Å². The lowest BCUT2D eigenvalue weighted by atomic mass is 10.0. The first-order valence-corrected chi connectivity index (χ1v) is 5.41. The van der Waals surface area contributed by atoms with Gasteiger partial charge in [0.05, 0.1) is 6.10 Å². The number of hydrogen-bond acceptors (Lipinski definition) is 3. The van der Waals surface area contributed by atoms with Gasteiger partial charge >= 0.3 is 0 Å². The zero-order valence-electron chi connectivity index (χ0n) is 8.41. The first-order valence-electron chi connectivity index (χ1n) is 5.41. The summed E-state index contributed by atoms with van der Waals surface area (Å²) in [5, 5.41) is 12.3. The van der Waals surface area contributed by atoms with E-state index < -0.39 is 0 Å². The third kappa shape index (κ3) is 2.45. The van der Waals surface area contributed by atoms with Gasteiger partial charge in [-0.2, -0.15) is 0 Å². The largest absolute Gasteiger partial charge is 0.392 e. The van der Waals surface area contributed by atoms with Crippen molar-refractivity contribution in [2.45, 2.75) is 25.4 Å². The second-order valence-electron chi connectivity index (χ2n) is 4.43. The van der Waals surface area contributed by atoms with Gasteiger partial charge < -0.3 is 15.3 Å². The van der Waals surface area contributed by atoms with Gasteiger partial charge in [0.2, 0.25) is 5.91 Å². The minimum Gasteiger partial charge on any atom is -0.392 e. The number of hydrogen-bond donors (Lipinski definition) is 2. The van der Waals surface area contributed by atoms with Crippen LogP contribution < -0.4 is 5.32 Å². The molecule has 14 heavy (non-hydrogen) atoms. The number of aliphatic hydroxyl groups excluding tert-OH is 1. The van der Waals surface area contributed by atoms with Crippen LogP contribution in [-0.2, 0) is 4.79 Å². The Balaban J connectivity index is 1.76. The molecule has 0 aliphatic carbocycles. The number of nitrogens with zero attached hydrogens (tertiary/aromatic N) is 1. The summed E-state index contributed by atoms with van der Waals surface area (Å²) >= 11 is 0. The lowest BCUT2D eigenvalue weighted by molar-refractivity contribution is -0.119. The lowest BCUT2D eigenvalue weighted by Gasteiger charge is -2.31. The van der Waals surface area contributed by atoms with Crippen LogP contribution in [0.25, 0.3) is 0 Å². The third-order valence-corrected chi connectivity index (χ3v) is 3.06. The zero-order valence-corrected chi connectivity index (χ0v) is 8.41. The molecule has 2 aliphatic rings. The molecule has 2 fully saturated rings. The summed E-state index contributed by atoms with van der Waals surface area (Å²) in [6.45, 7) is 3.62. The van der Waals surface area contributed by atoms with Crippen LogP contribution in [0.3, 0.4) is 0 Å². The Morgan fingerprint density at radius 2 is 2.43 bits per heavy atom. The average molecular weight is 198 g/mol. The second-order valence-corrected chi connectivity index (χ2v) is 4.43. The molecule has 2 saturated heterocycles. The van der Waals surface area contributed by atoms with Crippen molar-refractivity contribution in [3.63, 3.8) is 0 Å². The van der Waals surface area contributed by atoms with Gasteiger partial charge in [-0.05, 0) is 25.3 Å². The molecule has 2 N–H and O–H groups in total. The smallest absolute Gasteiger partial charge is 0.220 e. The predicted molar refractivity (Wildman–Crippen MR) is 52.8 cm³/mol. The van der Waals surface area contributed by atoms with Crippen LogP contribution in [0, 0.1) is 5.92 Å². The molecule has 0 aromatic heterocycles. The highest BCUT2D eigenvalue weighted by atomic mass is 16.3. The standard InChI is InChI=1S/C10H18N2O2/c13-9-2-1-3-12(7-9)6-8-4-10(14)11-5-8/h8-9,13H,1-7H2,(H,11,14)/t8?,9-/m0/s1. The fourth-order valence-corrected chi connectivity index (χ4v) is 2.36. The summed E-state index contributed by atoms with van der Waals surface area (Å²) in [6.07, 6.45) is 2.51. The van der Waals surface area contributed by atoms with E-state index >= 15 is 0 Å². The van der Waals surface area contributed by atoms with Crippen molar-refractivity contribution in [1.29, 1.82) is 0 Å². The number of piperidine rings is 1. The minimum absolute atomic E-state index is 0.159. The van der Waals surface area contributed by atoms with Crippen LogP contribution in [-0.4, -0.2) is 48.2 Å². The van der Waals surface area contributed by atoms with Crippen molar-refractivity contribution < 1.29 is 9.90 Å². The molecular weight excluding hydrogens is 180 g/mol. The summed E-state index contributed by atoms with van der Waals surface area (Å²) in [4.78, 5) is 13.3. The number of amides is 1. The quantitative estimate of drug-likeness (QED) is 0.633. The number of nitrogens with one attached hydrogen (secondary N) is 1. The molecule has 1 amide bonds. The fourth-order valence-electron chi connectivity index (χ4n) is 2.36. The Morgan fingerprint density at radius 1 is 1.57 bits per heavy atom. The van der Waals surface area contributed by atoms with Gasteiger partial charge in [0, 0.05) is 26.1 Å². The number of aliphatic hydroxyl groups is 1. The second kappa shape index (κ2) is 4.28. The number of carbonyl (C=O) groups is 1. The third-order valence-electron chi connectivity index (χ3n) is 3.06. The fraction of sp³-hybridized carbons (Fsp3) is 0.900. The monoisotopic (exact) mass is 198 g/mol. The van der Waals surface area contributed by atoms with E-state index in [1.54, 1.807) is 0 Å². The maximum Gasteiger partial charge on any atom is 0.220 e. The summed E-state index contributed by atoms with van der Waals surface area (Å²) < 4.78 is 0. The van der Waals surface area contributed by atoms with Gasteiger partial charge in [0.25, 0.3) is 0 Å². The Kier molecular flexibility index (Phi) is 3.03. The SMILES string of the molecule is O=C1CC(CN2CCC[C@H](O)C2)CN1. The summed E-state index contributed by atoms with van der Waals surface area (Å²) in [5.41, 5.74) is 0. The Bertz CT molecular complexity index is 220. The zero-order chi connectivity index (χ0) is 9.97. The molecule has 80 valence electrons. The first-order chi connectivity index (χ1) is 6.74. The number of likely N-dealkylation sites (tertiary alicyclic amines) is 1. The first kappa shape index (κ1) is 9.93. The highest BCUT2D eigenvalue weighted by Crippen LogP contribution is 2.15. The lowest BCUT2D eigenvalue weighted by Crippen LogP contribution is -2.41. The average Bonchev–Trinajstić information content (AvgIpc) is 2.51. The maximum absolute atomic E-state index is 11.0. The molecule has 0 aromatic carbocycles. The van der Waals surface area contributed by atoms with Gasteiger partial charge in [-0.3, -0.25) is 4.79 Å². The predicted octanol–water partition coefficient (Wildman–Crippen LogP) is -0.421. The topological polar surface area (TPSA) is 52.6 Å². The number of rotatable bonds is 2. The highest BCUT2D eigenvalue weighted by molar-refractivity contribution is 5.78. The van der Waals surface area contributed by atoms with Gasteiger partial charge in [-0.15, -0.1) is 0 Å². The van der Waals surface area contributed by atoms with Gasteiger partial charge in [0.1, 0.15) is 0 Å². The molecule has 0 radical (unpaired) electrons. The summed E-state index contributed by atoms with van der Waals surface area (Å²) in [7, 11) is 0. The van der Waals surface area contributed by atoms with Crippen LogP contribution in [0.1, 0.15) is 19.3 Å². The van der Waals surface area contributed by atoms with E-state index in [1.165, 1.54) is 0 Å². The van der Waals surface area contributed by atoms with Crippen molar-refractivity contribution >= 4 is 5.91 Å². The van der Waals surface area contributed by atoms with E-state index in [9.17, 15) is 9.90 Å². The van der Waals surface area contributed by atoms with Crippen molar-refractivity contribution in [2.24, 2.45) is 5.92 Å². The van der Waals surface area contributed by atoms with Crippen LogP contribution in [0.15, 0.2) is 0 Å². The van der Waals surface area contributed by atoms with Crippen molar-refractivity contribution in [3.05, 3.63) is 0 Å². The van der Waals surface area contributed by atoms with E-state index in [1.807, 2.05) is 0 Å². The molecule has 2 rings (SSSR count). The molecular formula is C10H18N2O2. The summed E-state index contributed by atoms with van der Waals surface area (Å²) in [6, 6.07) is 0. The highest BCUT2D eigenvalue weighted by Gasteiger charge is 2.25. The van der Waals surface area contributed by atoms with Gasteiger partial charge in [-0.25, -0.2) is 0 Å². The molecule has 4 nitrogen and oxygen atoms in total. The molecule has 0 spiro atoms. The van der Waals surface area contributed by atoms with E-state index in [0.717, 1.165) is 39.0 Å². The van der Waals surface area contributed by atoms with Crippen molar-refractivity contribution in [1.82, 2.24) is 10.2 Å². The number of β-amino-alcohol motifs (C(OH)–C–C–N with tert-alkyl or cyclic N) is 1. The van der Waals surface area contributed by atoms with E-state index in [4.69, 9.17) is 0 Å². The Hall–Kier alpha value is -0.610. The molecule has 1 unspecified atom stereocenters. The van der Waals surface area contributed by atoms with E-state index in [-0.39, 0.29) is 12.0 Å². The molecule has 0 saturated carbocycles. The molecule has 2 atom stereocenters. The summed E-state index contributed by atoms with van der Waals surface area (Å²) in [5.74, 6) is 0.625. The number of carbonyl (C=O) groups excluding carboxylic acids is 1. The molecule has 2 heterocycles. The van der Waals surface area contributed by atoms with Crippen LogP contribution in [0.5, 0.6) is 0 Å². The molecule has 0 aromatic rings. The maximum atomic E-state index is 11.0. The van der Waals surface area contributed by atoms with Crippen LogP contribution >= 0.6 is 0 Å². The molecule has 0 bridgehead atoms. The van der Waals surface area contributed by atoms with Gasteiger partial charge in [-0.1, -0.05) is 0 Å². The van der Waals surface area contributed by atoms with Crippen LogP contribution in [0.4, 0.5) is 0 Å².